The van der Waals surface area contributed by atoms with E-state index in [0.29, 0.717) is 17.3 Å². The first-order valence-corrected chi connectivity index (χ1v) is 13.7. The normalized spacial score (nSPS) is 20.8. The van der Waals surface area contributed by atoms with Gasteiger partial charge in [-0.25, -0.2) is 15.0 Å². The van der Waals surface area contributed by atoms with Crippen LogP contribution >= 0.6 is 11.3 Å². The highest BCUT2D eigenvalue weighted by atomic mass is 32.1. The quantitative estimate of drug-likeness (QED) is 0.385. The number of nitrogens with zero attached hydrogens (tertiary/aromatic N) is 6. The largest absolute Gasteiger partial charge is 0.437 e. The van der Waals surface area contributed by atoms with Gasteiger partial charge in [-0.2, -0.15) is 0 Å². The second-order valence-electron chi connectivity index (χ2n) is 9.79. The SMILES string of the molecule is CN1CCN(c2ccc(-c3cncc(Oc4ccc5nc(N[C@@H]6CCCC[C@H]6O)sc5c4)n3)cn2)CC1. The van der Waals surface area contributed by atoms with E-state index < -0.39 is 0 Å². The second kappa shape index (κ2) is 10.6. The number of thiazole rings is 1. The minimum Gasteiger partial charge on any atom is -0.437 e. The van der Waals surface area contributed by atoms with Crippen LogP contribution in [0.15, 0.2) is 48.9 Å². The van der Waals surface area contributed by atoms with Gasteiger partial charge in [0.1, 0.15) is 11.6 Å². The van der Waals surface area contributed by atoms with E-state index in [4.69, 9.17) is 4.74 Å². The Bertz CT molecular complexity index is 1350. The third-order valence-electron chi connectivity index (χ3n) is 7.10. The van der Waals surface area contributed by atoms with Gasteiger partial charge in [-0.1, -0.05) is 24.2 Å². The number of hydrogen-bond acceptors (Lipinski definition) is 10. The van der Waals surface area contributed by atoms with E-state index in [9.17, 15) is 5.11 Å². The molecule has 2 N–H and O–H groups in total. The van der Waals surface area contributed by atoms with E-state index in [1.807, 2.05) is 36.5 Å². The molecule has 1 aliphatic heterocycles. The maximum Gasteiger partial charge on any atom is 0.238 e. The van der Waals surface area contributed by atoms with E-state index in [0.717, 1.165) is 78.6 Å². The molecule has 37 heavy (non-hydrogen) atoms. The lowest BCUT2D eigenvalue weighted by atomic mass is 9.93. The monoisotopic (exact) mass is 517 g/mol. The smallest absolute Gasteiger partial charge is 0.238 e. The summed E-state index contributed by atoms with van der Waals surface area (Å²) >= 11 is 1.57. The number of likely N-dealkylation sites (N-methyl/N-ethyl adjacent to an activating group) is 1. The number of nitrogens with one attached hydrogen (secondary N) is 1. The van der Waals surface area contributed by atoms with Gasteiger partial charge in [-0.3, -0.25) is 4.98 Å². The molecule has 1 aliphatic carbocycles. The Labute approximate surface area is 220 Å². The van der Waals surface area contributed by atoms with Crippen molar-refractivity contribution in [1.82, 2.24) is 24.8 Å². The molecular weight excluding hydrogens is 486 g/mol. The third kappa shape index (κ3) is 5.51. The topological polar surface area (TPSA) is 99.5 Å². The zero-order valence-electron chi connectivity index (χ0n) is 20.9. The van der Waals surface area contributed by atoms with Crippen molar-refractivity contribution in [3.63, 3.8) is 0 Å². The van der Waals surface area contributed by atoms with Crippen molar-refractivity contribution in [3.05, 3.63) is 48.9 Å². The van der Waals surface area contributed by atoms with Crippen molar-refractivity contribution < 1.29 is 9.84 Å². The molecule has 192 valence electrons. The number of anilines is 2. The van der Waals surface area contributed by atoms with Crippen LogP contribution in [0.1, 0.15) is 25.7 Å². The molecule has 2 atom stereocenters. The number of fused-ring (bicyclic) bond motifs is 1. The van der Waals surface area contributed by atoms with Gasteiger partial charge in [0.15, 0.2) is 5.13 Å². The molecule has 0 spiro atoms. The Balaban J connectivity index is 1.14. The van der Waals surface area contributed by atoms with Crippen molar-refractivity contribution in [1.29, 1.82) is 0 Å². The van der Waals surface area contributed by atoms with Gasteiger partial charge >= 0.3 is 0 Å². The number of pyridine rings is 1. The van der Waals surface area contributed by atoms with Crippen molar-refractivity contribution >= 4 is 32.5 Å². The number of piperazine rings is 1. The van der Waals surface area contributed by atoms with E-state index in [1.165, 1.54) is 0 Å². The predicted molar refractivity (Wildman–Crippen MR) is 147 cm³/mol. The zero-order valence-corrected chi connectivity index (χ0v) is 21.7. The molecule has 4 aromatic rings. The van der Waals surface area contributed by atoms with Crippen LogP contribution in [0.3, 0.4) is 0 Å². The Hall–Kier alpha value is -3.34. The number of hydrogen-bond donors (Lipinski definition) is 2. The molecule has 1 saturated carbocycles. The molecule has 0 unspecified atom stereocenters. The molecule has 1 aromatic carbocycles. The van der Waals surface area contributed by atoms with E-state index in [1.54, 1.807) is 23.7 Å². The van der Waals surface area contributed by atoms with Crippen LogP contribution in [0.2, 0.25) is 0 Å². The first kappa shape index (κ1) is 24.0. The lowest BCUT2D eigenvalue weighted by molar-refractivity contribution is 0.116. The molecule has 6 rings (SSSR count). The molecule has 0 amide bonds. The molecule has 9 nitrogen and oxygen atoms in total. The molecule has 2 aliphatic rings. The zero-order chi connectivity index (χ0) is 25.2. The summed E-state index contributed by atoms with van der Waals surface area (Å²) in [7, 11) is 2.15. The van der Waals surface area contributed by atoms with Gasteiger partial charge < -0.3 is 25.0 Å². The highest BCUT2D eigenvalue weighted by Crippen LogP contribution is 2.33. The van der Waals surface area contributed by atoms with E-state index in [2.05, 4.69) is 42.1 Å². The molecule has 10 heteroatoms. The molecule has 1 saturated heterocycles. The maximum atomic E-state index is 10.3. The molecule has 0 radical (unpaired) electrons. The van der Waals surface area contributed by atoms with Crippen LogP contribution in [0, 0.1) is 0 Å². The van der Waals surface area contributed by atoms with Crippen LogP contribution in [-0.4, -0.2) is 75.3 Å². The first-order valence-electron chi connectivity index (χ1n) is 12.9. The average molecular weight is 518 g/mol. The number of aliphatic hydroxyl groups is 1. The summed E-state index contributed by atoms with van der Waals surface area (Å²) < 4.78 is 7.08. The molecular formula is C27H31N7O2S. The Morgan fingerprint density at radius 2 is 1.86 bits per heavy atom. The van der Waals surface area contributed by atoms with Crippen LogP contribution in [0.25, 0.3) is 21.5 Å². The summed E-state index contributed by atoms with van der Waals surface area (Å²) in [6.45, 7) is 4.05. The minimum atomic E-state index is -0.316. The van der Waals surface area contributed by atoms with Crippen molar-refractivity contribution in [3.8, 4) is 22.9 Å². The number of aromatic nitrogens is 4. The van der Waals surface area contributed by atoms with Gasteiger partial charge in [0.2, 0.25) is 5.88 Å². The number of aliphatic hydroxyl groups excluding tert-OH is 1. The van der Waals surface area contributed by atoms with E-state index in [-0.39, 0.29) is 12.1 Å². The fourth-order valence-electron chi connectivity index (χ4n) is 4.89. The van der Waals surface area contributed by atoms with Gasteiger partial charge in [0.05, 0.1) is 40.5 Å². The van der Waals surface area contributed by atoms with Crippen molar-refractivity contribution in [2.75, 3.05) is 43.4 Å². The molecule has 0 bridgehead atoms. The first-order chi connectivity index (χ1) is 18.1. The second-order valence-corrected chi connectivity index (χ2v) is 10.8. The third-order valence-corrected chi connectivity index (χ3v) is 8.05. The molecule has 4 heterocycles. The predicted octanol–water partition coefficient (Wildman–Crippen LogP) is 4.41. The fraction of sp³-hybridized carbons (Fsp3) is 0.407. The summed E-state index contributed by atoms with van der Waals surface area (Å²) in [6.07, 6.45) is 8.90. The Morgan fingerprint density at radius 3 is 2.68 bits per heavy atom. The van der Waals surface area contributed by atoms with Gasteiger partial charge in [0, 0.05) is 44.0 Å². The number of ether oxygens (including phenoxy) is 1. The van der Waals surface area contributed by atoms with Gasteiger partial charge in [0.25, 0.3) is 0 Å². The lowest BCUT2D eigenvalue weighted by Crippen LogP contribution is -2.44. The lowest BCUT2D eigenvalue weighted by Gasteiger charge is -2.33. The van der Waals surface area contributed by atoms with Crippen LogP contribution in [0.5, 0.6) is 11.6 Å². The average Bonchev–Trinajstić information content (AvgIpc) is 3.32. The standard InChI is InChI=1S/C27H31N7O2S/c1-33-10-12-34(13-11-33)25-9-6-18(15-29-25)22-16-28-17-26(30-22)36-19-7-8-21-24(14-19)37-27(32-21)31-20-4-2-3-5-23(20)35/h6-9,14-17,20,23,35H,2-5,10-13H2,1H3,(H,31,32)/t20-,23-/m1/s1. The van der Waals surface area contributed by atoms with Crippen molar-refractivity contribution in [2.45, 2.75) is 37.8 Å². The van der Waals surface area contributed by atoms with Gasteiger partial charge in [-0.05, 0) is 44.2 Å². The van der Waals surface area contributed by atoms with Gasteiger partial charge in [-0.15, -0.1) is 0 Å². The van der Waals surface area contributed by atoms with Crippen LogP contribution in [-0.2, 0) is 0 Å². The van der Waals surface area contributed by atoms with Crippen LogP contribution < -0.4 is 15.0 Å². The van der Waals surface area contributed by atoms with Crippen molar-refractivity contribution in [2.24, 2.45) is 0 Å². The molecule has 2 fully saturated rings. The fourth-order valence-corrected chi connectivity index (χ4v) is 5.84. The summed E-state index contributed by atoms with van der Waals surface area (Å²) in [6, 6.07) is 9.95. The highest BCUT2D eigenvalue weighted by molar-refractivity contribution is 7.22. The summed E-state index contributed by atoms with van der Waals surface area (Å²) in [5.74, 6) is 2.09. The van der Waals surface area contributed by atoms with E-state index >= 15 is 0 Å². The Kier molecular flexibility index (Phi) is 6.86. The number of rotatable bonds is 6. The Morgan fingerprint density at radius 1 is 1.00 bits per heavy atom. The highest BCUT2D eigenvalue weighted by Gasteiger charge is 2.24. The summed E-state index contributed by atoms with van der Waals surface area (Å²) in [5.41, 5.74) is 2.51. The number of benzene rings is 1. The summed E-state index contributed by atoms with van der Waals surface area (Å²) in [5, 5.41) is 14.5. The minimum absolute atomic E-state index is 0.0631. The molecule has 3 aromatic heterocycles. The van der Waals surface area contributed by atoms with Crippen LogP contribution in [0.4, 0.5) is 10.9 Å². The summed E-state index contributed by atoms with van der Waals surface area (Å²) in [4.78, 5) is 23.0. The maximum absolute atomic E-state index is 10.3.